The molecule has 1 aromatic carbocycles. The number of benzene rings is 1. The maximum absolute atomic E-state index is 3.40. The fraction of sp³-hybridized carbons (Fsp3) is 0.400. The maximum atomic E-state index is 3.40. The Bertz CT molecular complexity index is 266. The third kappa shape index (κ3) is 1.23. The molecule has 0 aliphatic carbocycles. The van der Waals surface area contributed by atoms with Crippen LogP contribution in [0.2, 0.25) is 0 Å². The fourth-order valence-electron chi connectivity index (χ4n) is 1.57. The molecule has 1 aromatic rings. The highest BCUT2D eigenvalue weighted by Crippen LogP contribution is 2.22. The van der Waals surface area contributed by atoms with E-state index in [4.69, 9.17) is 0 Å². The van der Waals surface area contributed by atoms with Crippen molar-refractivity contribution in [3.8, 4) is 0 Å². The Labute approximate surface area is 67.4 Å². The number of hydrogen-bond donors (Lipinski definition) is 1. The van der Waals surface area contributed by atoms with Crippen LogP contribution in [0.25, 0.3) is 0 Å². The van der Waals surface area contributed by atoms with Crippen LogP contribution in [0, 0.1) is 6.92 Å². The van der Waals surface area contributed by atoms with E-state index in [9.17, 15) is 0 Å². The molecule has 0 amide bonds. The molecule has 1 heterocycles. The van der Waals surface area contributed by atoms with Gasteiger partial charge in [-0.1, -0.05) is 12.1 Å². The molecule has 0 saturated carbocycles. The lowest BCUT2D eigenvalue weighted by Crippen LogP contribution is -2.11. The first kappa shape index (κ1) is 6.71. The molecule has 11 heavy (non-hydrogen) atoms. The Morgan fingerprint density at radius 1 is 1.36 bits per heavy atom. The molecule has 0 spiro atoms. The number of hydrogen-bond acceptors (Lipinski definition) is 1. The molecule has 1 N–H and O–H groups in total. The molecule has 1 heteroatoms. The highest BCUT2D eigenvalue weighted by molar-refractivity contribution is 5.54. The predicted octanol–water partition coefficient (Wildman–Crippen LogP) is 2.35. The van der Waals surface area contributed by atoms with E-state index >= 15 is 0 Å². The highest BCUT2D eigenvalue weighted by Gasteiger charge is 2.06. The van der Waals surface area contributed by atoms with Gasteiger partial charge in [0.05, 0.1) is 0 Å². The van der Waals surface area contributed by atoms with Crippen molar-refractivity contribution in [1.29, 1.82) is 0 Å². The summed E-state index contributed by atoms with van der Waals surface area (Å²) in [4.78, 5) is 0. The second-order valence-corrected chi connectivity index (χ2v) is 3.19. The van der Waals surface area contributed by atoms with Gasteiger partial charge in [-0.3, -0.25) is 0 Å². The van der Waals surface area contributed by atoms with Gasteiger partial charge in [-0.25, -0.2) is 0 Å². The Balaban J connectivity index is 2.43. The summed E-state index contributed by atoms with van der Waals surface area (Å²) < 4.78 is 0. The molecule has 0 saturated heterocycles. The molecule has 0 fully saturated rings. The molecule has 0 radical (unpaired) electrons. The van der Waals surface area contributed by atoms with Crippen molar-refractivity contribution in [2.24, 2.45) is 0 Å². The van der Waals surface area contributed by atoms with E-state index in [1.54, 1.807) is 0 Å². The first-order valence-electron chi connectivity index (χ1n) is 4.20. The molecule has 1 nitrogen and oxygen atoms in total. The Morgan fingerprint density at radius 2 is 2.27 bits per heavy atom. The van der Waals surface area contributed by atoms with Gasteiger partial charge >= 0.3 is 0 Å². The second-order valence-electron chi connectivity index (χ2n) is 3.19. The smallest absolute Gasteiger partial charge is 0.0375 e. The minimum Gasteiger partial charge on any atom is -0.385 e. The number of fused-ring (bicyclic) bond motifs is 1. The average molecular weight is 147 g/mol. The molecule has 0 aromatic heterocycles. The van der Waals surface area contributed by atoms with Crippen molar-refractivity contribution in [2.75, 3.05) is 11.9 Å². The summed E-state index contributed by atoms with van der Waals surface area (Å²) in [5.41, 5.74) is 4.16. The van der Waals surface area contributed by atoms with Crippen LogP contribution in [0.3, 0.4) is 0 Å². The zero-order valence-corrected chi connectivity index (χ0v) is 6.85. The lowest BCUT2D eigenvalue weighted by atomic mass is 10.0. The summed E-state index contributed by atoms with van der Waals surface area (Å²) in [5, 5.41) is 3.40. The summed E-state index contributed by atoms with van der Waals surface area (Å²) in [7, 11) is 0. The first-order valence-corrected chi connectivity index (χ1v) is 4.20. The van der Waals surface area contributed by atoms with E-state index in [1.165, 1.54) is 29.7 Å². The standard InChI is InChI=1S/C10H13N/c1-8-4-5-9-3-2-6-11-10(9)7-8/h4-5,7,11H,2-3,6H2,1H3. The van der Waals surface area contributed by atoms with E-state index in [1.807, 2.05) is 0 Å². The summed E-state index contributed by atoms with van der Waals surface area (Å²) in [6.07, 6.45) is 2.51. The molecule has 58 valence electrons. The van der Waals surface area contributed by atoms with E-state index in [-0.39, 0.29) is 0 Å². The Kier molecular flexibility index (Phi) is 1.57. The number of anilines is 1. The summed E-state index contributed by atoms with van der Waals surface area (Å²) in [6, 6.07) is 6.65. The van der Waals surface area contributed by atoms with Crippen LogP contribution in [0.15, 0.2) is 18.2 Å². The van der Waals surface area contributed by atoms with Crippen molar-refractivity contribution in [3.63, 3.8) is 0 Å². The SMILES string of the molecule is Cc1ccc2c(c1)NCCC2. The van der Waals surface area contributed by atoms with Gasteiger partial charge in [-0.05, 0) is 37.0 Å². The van der Waals surface area contributed by atoms with Gasteiger partial charge in [0.25, 0.3) is 0 Å². The minimum absolute atomic E-state index is 1.14. The molecule has 1 aliphatic heterocycles. The lowest BCUT2D eigenvalue weighted by Gasteiger charge is -2.17. The zero-order valence-electron chi connectivity index (χ0n) is 6.85. The molecule has 2 rings (SSSR count). The third-order valence-corrected chi connectivity index (χ3v) is 2.20. The van der Waals surface area contributed by atoms with Gasteiger partial charge < -0.3 is 5.32 Å². The van der Waals surface area contributed by atoms with Crippen molar-refractivity contribution in [2.45, 2.75) is 19.8 Å². The molecule has 0 unspecified atom stereocenters. The predicted molar refractivity (Wildman–Crippen MR) is 48.0 cm³/mol. The maximum Gasteiger partial charge on any atom is 0.0375 e. The number of aryl methyl sites for hydroxylation is 2. The minimum atomic E-state index is 1.14. The largest absolute Gasteiger partial charge is 0.385 e. The Morgan fingerprint density at radius 3 is 3.18 bits per heavy atom. The molecule has 1 aliphatic rings. The summed E-state index contributed by atoms with van der Waals surface area (Å²) >= 11 is 0. The van der Waals surface area contributed by atoms with Gasteiger partial charge in [0.2, 0.25) is 0 Å². The zero-order chi connectivity index (χ0) is 7.68. The van der Waals surface area contributed by atoms with Gasteiger partial charge in [-0.2, -0.15) is 0 Å². The van der Waals surface area contributed by atoms with E-state index in [0.717, 1.165) is 6.54 Å². The van der Waals surface area contributed by atoms with E-state index in [2.05, 4.69) is 30.4 Å². The molecule has 0 atom stereocenters. The number of rotatable bonds is 0. The van der Waals surface area contributed by atoms with Crippen LogP contribution >= 0.6 is 0 Å². The molecular formula is C10H13N. The second kappa shape index (κ2) is 2.57. The van der Waals surface area contributed by atoms with E-state index in [0.29, 0.717) is 0 Å². The molecular weight excluding hydrogens is 134 g/mol. The van der Waals surface area contributed by atoms with Crippen molar-refractivity contribution in [1.82, 2.24) is 0 Å². The van der Waals surface area contributed by atoms with Gasteiger partial charge in [0, 0.05) is 12.2 Å². The fourth-order valence-corrected chi connectivity index (χ4v) is 1.57. The topological polar surface area (TPSA) is 12.0 Å². The van der Waals surface area contributed by atoms with Crippen LogP contribution in [-0.4, -0.2) is 6.54 Å². The third-order valence-electron chi connectivity index (χ3n) is 2.20. The first-order chi connectivity index (χ1) is 5.36. The van der Waals surface area contributed by atoms with Gasteiger partial charge in [0.15, 0.2) is 0 Å². The lowest BCUT2D eigenvalue weighted by molar-refractivity contribution is 0.829. The van der Waals surface area contributed by atoms with E-state index < -0.39 is 0 Å². The highest BCUT2D eigenvalue weighted by atomic mass is 14.9. The quantitative estimate of drug-likeness (QED) is 0.594. The van der Waals surface area contributed by atoms with Crippen LogP contribution < -0.4 is 5.32 Å². The van der Waals surface area contributed by atoms with Crippen LogP contribution in [0.4, 0.5) is 5.69 Å². The number of nitrogens with one attached hydrogen (secondary N) is 1. The van der Waals surface area contributed by atoms with Crippen LogP contribution in [0.5, 0.6) is 0 Å². The summed E-state index contributed by atoms with van der Waals surface area (Å²) in [5.74, 6) is 0. The van der Waals surface area contributed by atoms with Crippen molar-refractivity contribution in [3.05, 3.63) is 29.3 Å². The van der Waals surface area contributed by atoms with Crippen molar-refractivity contribution >= 4 is 5.69 Å². The molecule has 0 bridgehead atoms. The van der Waals surface area contributed by atoms with Gasteiger partial charge in [0.1, 0.15) is 0 Å². The van der Waals surface area contributed by atoms with Gasteiger partial charge in [-0.15, -0.1) is 0 Å². The monoisotopic (exact) mass is 147 g/mol. The Hall–Kier alpha value is -0.980. The van der Waals surface area contributed by atoms with Crippen molar-refractivity contribution < 1.29 is 0 Å². The average Bonchev–Trinajstić information content (AvgIpc) is 2.04. The summed E-state index contributed by atoms with van der Waals surface area (Å²) in [6.45, 7) is 3.27. The van der Waals surface area contributed by atoms with Crippen LogP contribution in [0.1, 0.15) is 17.5 Å². The normalized spacial score (nSPS) is 15.4. The van der Waals surface area contributed by atoms with Crippen LogP contribution in [-0.2, 0) is 6.42 Å².